The summed E-state index contributed by atoms with van der Waals surface area (Å²) < 4.78 is 38.1. The lowest BCUT2D eigenvalue weighted by atomic mass is 10.1. The van der Waals surface area contributed by atoms with Gasteiger partial charge in [-0.3, -0.25) is 4.79 Å². The highest BCUT2D eigenvalue weighted by molar-refractivity contribution is 7.89. The van der Waals surface area contributed by atoms with Crippen molar-refractivity contribution in [1.29, 1.82) is 0 Å². The molecule has 1 fully saturated rings. The highest BCUT2D eigenvalue weighted by Gasteiger charge is 2.27. The van der Waals surface area contributed by atoms with Crippen molar-refractivity contribution in [1.82, 2.24) is 9.62 Å². The van der Waals surface area contributed by atoms with Gasteiger partial charge in [0.2, 0.25) is 10.0 Å². The molecule has 1 aliphatic rings. The van der Waals surface area contributed by atoms with Gasteiger partial charge in [-0.1, -0.05) is 12.5 Å². The van der Waals surface area contributed by atoms with Gasteiger partial charge in [-0.2, -0.15) is 4.31 Å². The van der Waals surface area contributed by atoms with E-state index in [0.29, 0.717) is 37.4 Å². The summed E-state index contributed by atoms with van der Waals surface area (Å²) in [5.41, 5.74) is 2.02. The Kier molecular flexibility index (Phi) is 7.56. The quantitative estimate of drug-likeness (QED) is 0.673. The fraction of sp³-hybridized carbons (Fsp3) is 0.435. The summed E-state index contributed by atoms with van der Waals surface area (Å²) in [6, 6.07) is 10.3. The van der Waals surface area contributed by atoms with Gasteiger partial charge in [0, 0.05) is 25.2 Å². The number of ether oxygens (including phenoxy) is 2. The molecule has 1 amide bonds. The van der Waals surface area contributed by atoms with Crippen LogP contribution in [0.3, 0.4) is 0 Å². The van der Waals surface area contributed by atoms with Gasteiger partial charge in [-0.25, -0.2) is 8.42 Å². The number of amides is 1. The summed E-state index contributed by atoms with van der Waals surface area (Å²) in [4.78, 5) is 13.0. The molecule has 0 unspecified atom stereocenters. The second kappa shape index (κ2) is 10.2. The predicted molar refractivity (Wildman–Crippen MR) is 119 cm³/mol. The van der Waals surface area contributed by atoms with E-state index in [9.17, 15) is 13.2 Å². The van der Waals surface area contributed by atoms with Gasteiger partial charge in [0.1, 0.15) is 11.5 Å². The summed E-state index contributed by atoms with van der Waals surface area (Å²) in [5.74, 6) is 1.14. The van der Waals surface area contributed by atoms with E-state index in [1.807, 2.05) is 18.2 Å². The Morgan fingerprint density at radius 1 is 1.03 bits per heavy atom. The number of aryl methyl sites for hydroxylation is 1. The molecule has 1 heterocycles. The third-order valence-corrected chi connectivity index (χ3v) is 7.47. The third-order valence-electron chi connectivity index (χ3n) is 5.57. The van der Waals surface area contributed by atoms with Gasteiger partial charge >= 0.3 is 0 Å². The smallest absolute Gasteiger partial charge is 0.251 e. The highest BCUT2D eigenvalue weighted by Crippen LogP contribution is 2.25. The maximum absolute atomic E-state index is 13.0. The van der Waals surface area contributed by atoms with Crippen molar-refractivity contribution in [3.8, 4) is 11.5 Å². The first-order chi connectivity index (χ1) is 14.9. The SMILES string of the molecule is COc1ccc(OC)c(CCNC(=O)c2cc(S(=O)(=O)N3CCCCC3)ccc2C)c1. The Balaban J connectivity index is 1.71. The lowest BCUT2D eigenvalue weighted by molar-refractivity contribution is 0.0953. The van der Waals surface area contributed by atoms with Crippen molar-refractivity contribution in [3.63, 3.8) is 0 Å². The van der Waals surface area contributed by atoms with Gasteiger partial charge < -0.3 is 14.8 Å². The maximum Gasteiger partial charge on any atom is 0.251 e. The summed E-state index contributed by atoms with van der Waals surface area (Å²) in [7, 11) is -0.395. The first-order valence-corrected chi connectivity index (χ1v) is 11.9. The van der Waals surface area contributed by atoms with Gasteiger partial charge in [0.15, 0.2) is 0 Å². The molecule has 2 aromatic rings. The molecule has 2 aromatic carbocycles. The average molecular weight is 447 g/mol. The maximum atomic E-state index is 13.0. The van der Waals surface area contributed by atoms with Gasteiger partial charge in [0.25, 0.3) is 5.91 Å². The van der Waals surface area contributed by atoms with Crippen LogP contribution in [0.4, 0.5) is 0 Å². The number of rotatable bonds is 8. The van der Waals surface area contributed by atoms with Crippen molar-refractivity contribution >= 4 is 15.9 Å². The molecular formula is C23H30N2O5S. The molecule has 0 aliphatic carbocycles. The number of hydrogen-bond acceptors (Lipinski definition) is 5. The van der Waals surface area contributed by atoms with E-state index in [2.05, 4.69) is 5.32 Å². The zero-order valence-corrected chi connectivity index (χ0v) is 19.1. The minimum absolute atomic E-state index is 0.166. The number of sulfonamides is 1. The molecule has 7 nitrogen and oxygen atoms in total. The van der Waals surface area contributed by atoms with Crippen LogP contribution in [0.5, 0.6) is 11.5 Å². The lowest BCUT2D eigenvalue weighted by Gasteiger charge is -2.26. The topological polar surface area (TPSA) is 84.9 Å². The van der Waals surface area contributed by atoms with Crippen LogP contribution in [-0.4, -0.2) is 52.5 Å². The van der Waals surface area contributed by atoms with Crippen LogP contribution in [0, 0.1) is 6.92 Å². The normalized spacial score (nSPS) is 14.8. The number of piperidine rings is 1. The molecule has 1 saturated heterocycles. The zero-order valence-electron chi connectivity index (χ0n) is 18.3. The Morgan fingerprint density at radius 2 is 1.77 bits per heavy atom. The third kappa shape index (κ3) is 5.37. The molecule has 0 atom stereocenters. The molecule has 168 valence electrons. The highest BCUT2D eigenvalue weighted by atomic mass is 32.2. The van der Waals surface area contributed by atoms with Crippen molar-refractivity contribution in [2.75, 3.05) is 33.9 Å². The van der Waals surface area contributed by atoms with Crippen molar-refractivity contribution < 1.29 is 22.7 Å². The summed E-state index contributed by atoms with van der Waals surface area (Å²) >= 11 is 0. The van der Waals surface area contributed by atoms with E-state index in [4.69, 9.17) is 9.47 Å². The molecule has 3 rings (SSSR count). The van der Waals surface area contributed by atoms with Crippen LogP contribution in [0.2, 0.25) is 0 Å². The second-order valence-electron chi connectivity index (χ2n) is 7.63. The number of carbonyl (C=O) groups is 1. The van der Waals surface area contributed by atoms with Crippen molar-refractivity contribution in [2.24, 2.45) is 0 Å². The summed E-state index contributed by atoms with van der Waals surface area (Å²) in [5, 5.41) is 2.89. The van der Waals surface area contributed by atoms with E-state index < -0.39 is 10.0 Å². The largest absolute Gasteiger partial charge is 0.497 e. The van der Waals surface area contributed by atoms with Crippen LogP contribution >= 0.6 is 0 Å². The van der Waals surface area contributed by atoms with Crippen LogP contribution in [0.25, 0.3) is 0 Å². The number of carbonyl (C=O) groups excluding carboxylic acids is 1. The van der Waals surface area contributed by atoms with E-state index in [-0.39, 0.29) is 10.8 Å². The van der Waals surface area contributed by atoms with Gasteiger partial charge in [-0.05, 0) is 67.6 Å². The first kappa shape index (κ1) is 23.1. The molecule has 0 aromatic heterocycles. The number of benzene rings is 2. The fourth-order valence-corrected chi connectivity index (χ4v) is 5.29. The predicted octanol–water partition coefficient (Wildman–Crippen LogP) is 3.16. The van der Waals surface area contributed by atoms with Crippen LogP contribution in [0.1, 0.15) is 40.7 Å². The van der Waals surface area contributed by atoms with E-state index in [1.165, 1.54) is 10.4 Å². The summed E-state index contributed by atoms with van der Waals surface area (Å²) in [6.45, 7) is 3.24. The molecule has 31 heavy (non-hydrogen) atoms. The van der Waals surface area contributed by atoms with Crippen molar-refractivity contribution in [2.45, 2.75) is 37.5 Å². The van der Waals surface area contributed by atoms with Crippen LogP contribution in [-0.2, 0) is 16.4 Å². The second-order valence-corrected chi connectivity index (χ2v) is 9.56. The van der Waals surface area contributed by atoms with E-state index in [0.717, 1.165) is 36.1 Å². The fourth-order valence-electron chi connectivity index (χ4n) is 3.74. The van der Waals surface area contributed by atoms with E-state index in [1.54, 1.807) is 33.3 Å². The Labute approximate surface area is 184 Å². The molecular weight excluding hydrogens is 416 g/mol. The lowest BCUT2D eigenvalue weighted by Crippen LogP contribution is -2.35. The Morgan fingerprint density at radius 3 is 2.45 bits per heavy atom. The van der Waals surface area contributed by atoms with Crippen LogP contribution < -0.4 is 14.8 Å². The zero-order chi connectivity index (χ0) is 22.4. The molecule has 0 spiro atoms. The Bertz CT molecular complexity index is 1030. The summed E-state index contributed by atoms with van der Waals surface area (Å²) in [6.07, 6.45) is 3.33. The van der Waals surface area contributed by atoms with Crippen LogP contribution in [0.15, 0.2) is 41.3 Å². The molecule has 1 N–H and O–H groups in total. The molecule has 0 bridgehead atoms. The standard InChI is InChI=1S/C23H30N2O5S/c1-17-7-9-20(31(27,28)25-13-5-4-6-14-25)16-21(17)23(26)24-12-11-18-15-19(29-2)8-10-22(18)30-3/h7-10,15-16H,4-6,11-14H2,1-3H3,(H,24,26). The number of nitrogens with zero attached hydrogens (tertiary/aromatic N) is 1. The first-order valence-electron chi connectivity index (χ1n) is 10.5. The van der Waals surface area contributed by atoms with Gasteiger partial charge in [-0.15, -0.1) is 0 Å². The molecule has 0 radical (unpaired) electrons. The van der Waals surface area contributed by atoms with Gasteiger partial charge in [0.05, 0.1) is 19.1 Å². The van der Waals surface area contributed by atoms with Crippen molar-refractivity contribution in [3.05, 3.63) is 53.1 Å². The average Bonchev–Trinajstić information content (AvgIpc) is 2.79. The molecule has 8 heteroatoms. The number of methoxy groups -OCH3 is 2. The number of hydrogen-bond donors (Lipinski definition) is 1. The minimum Gasteiger partial charge on any atom is -0.497 e. The number of nitrogens with one attached hydrogen (secondary N) is 1. The Hall–Kier alpha value is -2.58. The molecule has 0 saturated carbocycles. The molecule has 1 aliphatic heterocycles. The monoisotopic (exact) mass is 446 g/mol. The minimum atomic E-state index is -3.59. The van der Waals surface area contributed by atoms with E-state index >= 15 is 0 Å².